The van der Waals surface area contributed by atoms with Gasteiger partial charge in [-0.15, -0.1) is 0 Å². The van der Waals surface area contributed by atoms with Gasteiger partial charge in [0.2, 0.25) is 0 Å². The summed E-state index contributed by atoms with van der Waals surface area (Å²) in [6.07, 6.45) is 3.35. The Labute approximate surface area is 81.0 Å². The molecule has 2 heteroatoms. The van der Waals surface area contributed by atoms with Crippen LogP contribution in [0.25, 0.3) is 0 Å². The molecule has 1 rings (SSSR count). The van der Waals surface area contributed by atoms with E-state index < -0.39 is 0 Å². The molecule has 2 nitrogen and oxygen atoms in total. The zero-order valence-corrected chi connectivity index (χ0v) is 8.88. The zero-order chi connectivity index (χ0) is 9.68. The molecule has 74 valence electrons. The van der Waals surface area contributed by atoms with E-state index in [0.29, 0.717) is 6.04 Å². The van der Waals surface area contributed by atoms with E-state index in [1.807, 2.05) is 0 Å². The van der Waals surface area contributed by atoms with Crippen LogP contribution in [0, 0.1) is 0 Å². The van der Waals surface area contributed by atoms with Gasteiger partial charge >= 0.3 is 0 Å². The largest absolute Gasteiger partial charge is 0.350 e. The first-order valence-corrected chi connectivity index (χ1v) is 5.11. The van der Waals surface area contributed by atoms with Crippen molar-refractivity contribution in [2.24, 2.45) is 0 Å². The van der Waals surface area contributed by atoms with Crippen LogP contribution in [0.5, 0.6) is 0 Å². The summed E-state index contributed by atoms with van der Waals surface area (Å²) < 4.78 is 2.31. The minimum absolute atomic E-state index is 0.560. The molecule has 13 heavy (non-hydrogen) atoms. The fourth-order valence-corrected chi connectivity index (χ4v) is 1.38. The highest BCUT2D eigenvalue weighted by molar-refractivity contribution is 5.06. The molecule has 0 aliphatic rings. The third-order valence-corrected chi connectivity index (χ3v) is 2.08. The molecule has 1 aromatic rings. The number of hydrogen-bond donors (Lipinski definition) is 1. The number of nitrogens with zero attached hydrogens (tertiary/aromatic N) is 1. The Morgan fingerprint density at radius 2 is 2.23 bits per heavy atom. The van der Waals surface area contributed by atoms with Crippen LogP contribution in [-0.2, 0) is 13.1 Å². The van der Waals surface area contributed by atoms with Crippen molar-refractivity contribution in [3.05, 3.63) is 24.0 Å². The lowest BCUT2D eigenvalue weighted by molar-refractivity contribution is 0.552. The molecule has 1 heterocycles. The van der Waals surface area contributed by atoms with E-state index in [9.17, 15) is 0 Å². The molecule has 0 spiro atoms. The second-order valence-electron chi connectivity index (χ2n) is 3.73. The molecule has 0 bridgehead atoms. The maximum Gasteiger partial charge on any atom is 0.0361 e. The van der Waals surface area contributed by atoms with Crippen molar-refractivity contribution in [2.45, 2.75) is 46.3 Å². The van der Waals surface area contributed by atoms with E-state index in [1.165, 1.54) is 12.1 Å². The maximum atomic E-state index is 3.43. The number of rotatable bonds is 5. The van der Waals surface area contributed by atoms with Crippen LogP contribution in [0.1, 0.15) is 32.9 Å². The molecule has 0 radical (unpaired) electrons. The number of hydrogen-bond acceptors (Lipinski definition) is 1. The van der Waals surface area contributed by atoms with Crippen LogP contribution in [0.15, 0.2) is 18.3 Å². The van der Waals surface area contributed by atoms with E-state index in [4.69, 9.17) is 0 Å². The lowest BCUT2D eigenvalue weighted by Gasteiger charge is -2.11. The van der Waals surface area contributed by atoms with Gasteiger partial charge < -0.3 is 9.88 Å². The van der Waals surface area contributed by atoms with Crippen molar-refractivity contribution in [1.82, 2.24) is 9.88 Å². The van der Waals surface area contributed by atoms with Crippen LogP contribution in [0.4, 0.5) is 0 Å². The van der Waals surface area contributed by atoms with Gasteiger partial charge in [-0.25, -0.2) is 0 Å². The molecule has 0 atom stereocenters. The number of nitrogens with one attached hydrogen (secondary N) is 1. The van der Waals surface area contributed by atoms with Crippen LogP contribution in [-0.4, -0.2) is 10.6 Å². The first-order valence-electron chi connectivity index (χ1n) is 5.11. The Bertz CT molecular complexity index is 238. The summed E-state index contributed by atoms with van der Waals surface area (Å²) in [7, 11) is 0. The van der Waals surface area contributed by atoms with E-state index in [1.54, 1.807) is 0 Å². The summed E-state index contributed by atoms with van der Waals surface area (Å²) in [5, 5.41) is 3.43. The Morgan fingerprint density at radius 1 is 1.46 bits per heavy atom. The van der Waals surface area contributed by atoms with Gasteiger partial charge in [-0.1, -0.05) is 20.8 Å². The van der Waals surface area contributed by atoms with E-state index >= 15 is 0 Å². The van der Waals surface area contributed by atoms with Crippen LogP contribution < -0.4 is 5.32 Å². The summed E-state index contributed by atoms with van der Waals surface area (Å²) in [6, 6.07) is 4.86. The monoisotopic (exact) mass is 180 g/mol. The summed E-state index contributed by atoms with van der Waals surface area (Å²) in [6.45, 7) is 8.66. The summed E-state index contributed by atoms with van der Waals surface area (Å²) >= 11 is 0. The topological polar surface area (TPSA) is 17.0 Å². The van der Waals surface area contributed by atoms with Gasteiger partial charge in [0, 0.05) is 31.0 Å². The van der Waals surface area contributed by atoms with Gasteiger partial charge in [0.25, 0.3) is 0 Å². The van der Waals surface area contributed by atoms with Crippen molar-refractivity contribution >= 4 is 0 Å². The average molecular weight is 180 g/mol. The van der Waals surface area contributed by atoms with Gasteiger partial charge in [-0.05, 0) is 18.6 Å². The normalized spacial score (nSPS) is 11.1. The molecule has 0 unspecified atom stereocenters. The lowest BCUT2D eigenvalue weighted by Crippen LogP contribution is -2.23. The molecular formula is C11H20N2. The Morgan fingerprint density at radius 3 is 2.85 bits per heavy atom. The summed E-state index contributed by atoms with van der Waals surface area (Å²) in [5.74, 6) is 0. The fourth-order valence-electron chi connectivity index (χ4n) is 1.38. The van der Waals surface area contributed by atoms with Crippen LogP contribution in [0.3, 0.4) is 0 Å². The highest BCUT2D eigenvalue weighted by atomic mass is 15.0. The lowest BCUT2D eigenvalue weighted by atomic mass is 10.3. The molecule has 0 fully saturated rings. The second kappa shape index (κ2) is 5.07. The van der Waals surface area contributed by atoms with E-state index in [-0.39, 0.29) is 0 Å². The van der Waals surface area contributed by atoms with E-state index in [0.717, 1.165) is 13.1 Å². The predicted molar refractivity (Wildman–Crippen MR) is 56.7 cm³/mol. The Kier molecular flexibility index (Phi) is 4.03. The second-order valence-corrected chi connectivity index (χ2v) is 3.73. The van der Waals surface area contributed by atoms with Gasteiger partial charge in [-0.3, -0.25) is 0 Å². The Hall–Kier alpha value is -0.760. The third-order valence-electron chi connectivity index (χ3n) is 2.08. The van der Waals surface area contributed by atoms with Crippen molar-refractivity contribution in [3.8, 4) is 0 Å². The van der Waals surface area contributed by atoms with Gasteiger partial charge in [-0.2, -0.15) is 0 Å². The molecule has 0 saturated heterocycles. The molecule has 1 aromatic heterocycles. The minimum atomic E-state index is 0.560. The predicted octanol–water partition coefficient (Wildman–Crippen LogP) is 2.40. The molecule has 0 saturated carbocycles. The smallest absolute Gasteiger partial charge is 0.0361 e. The van der Waals surface area contributed by atoms with E-state index in [2.05, 4.69) is 49.0 Å². The van der Waals surface area contributed by atoms with Crippen molar-refractivity contribution in [1.29, 1.82) is 0 Å². The molecule has 1 N–H and O–H groups in total. The highest BCUT2D eigenvalue weighted by Gasteiger charge is 1.99. The van der Waals surface area contributed by atoms with Crippen molar-refractivity contribution < 1.29 is 0 Å². The van der Waals surface area contributed by atoms with Crippen molar-refractivity contribution in [3.63, 3.8) is 0 Å². The molecular weight excluding hydrogens is 160 g/mol. The quantitative estimate of drug-likeness (QED) is 0.736. The van der Waals surface area contributed by atoms with Crippen LogP contribution in [0.2, 0.25) is 0 Å². The molecule has 0 aliphatic heterocycles. The van der Waals surface area contributed by atoms with Gasteiger partial charge in [0.1, 0.15) is 0 Å². The molecule has 0 aromatic carbocycles. The summed E-state index contributed by atoms with van der Waals surface area (Å²) in [5.41, 5.74) is 1.38. The van der Waals surface area contributed by atoms with Crippen LogP contribution >= 0.6 is 0 Å². The molecule has 0 amide bonds. The highest BCUT2D eigenvalue weighted by Crippen LogP contribution is 2.03. The zero-order valence-electron chi connectivity index (χ0n) is 8.88. The van der Waals surface area contributed by atoms with Gasteiger partial charge in [0.15, 0.2) is 0 Å². The number of aryl methyl sites for hydroxylation is 1. The average Bonchev–Trinajstić information content (AvgIpc) is 2.49. The first-order chi connectivity index (χ1) is 6.24. The SMILES string of the molecule is CCCn1cccc1CNC(C)C. The van der Waals surface area contributed by atoms with Crippen molar-refractivity contribution in [2.75, 3.05) is 0 Å². The standard InChI is InChI=1S/C11H20N2/c1-4-7-13-8-5-6-11(13)9-12-10(2)3/h5-6,8,10,12H,4,7,9H2,1-3H3. The number of aromatic nitrogens is 1. The third kappa shape index (κ3) is 3.23. The summed E-state index contributed by atoms with van der Waals surface area (Å²) in [4.78, 5) is 0. The first kappa shape index (κ1) is 10.3. The molecule has 0 aliphatic carbocycles. The Balaban J connectivity index is 2.49. The maximum absolute atomic E-state index is 3.43. The minimum Gasteiger partial charge on any atom is -0.350 e. The fraction of sp³-hybridized carbons (Fsp3) is 0.636. The van der Waals surface area contributed by atoms with Gasteiger partial charge in [0.05, 0.1) is 0 Å².